The third kappa shape index (κ3) is 3.17. The average Bonchev–Trinajstić information content (AvgIpc) is 2.98. The summed E-state index contributed by atoms with van der Waals surface area (Å²) in [6, 6.07) is 31.8. The second kappa shape index (κ2) is 7.67. The molecule has 1 aliphatic rings. The van der Waals surface area contributed by atoms with Crippen LogP contribution in [-0.2, 0) is 11.2 Å². The van der Waals surface area contributed by atoms with E-state index < -0.39 is 8.25 Å². The number of fused-ring (bicyclic) bond motifs is 7. The van der Waals surface area contributed by atoms with E-state index in [0.29, 0.717) is 23.9 Å². The predicted molar refractivity (Wildman–Crippen MR) is 127 cm³/mol. The van der Waals surface area contributed by atoms with E-state index in [4.69, 9.17) is 13.8 Å². The van der Waals surface area contributed by atoms with Gasteiger partial charge in [-0.05, 0) is 27.8 Å². The summed E-state index contributed by atoms with van der Waals surface area (Å²) in [5.74, 6) is 1.71. The van der Waals surface area contributed by atoms with Crippen LogP contribution in [0, 0.1) is 0 Å². The highest BCUT2D eigenvalue weighted by molar-refractivity contribution is 7.34. The van der Waals surface area contributed by atoms with Crippen LogP contribution in [0.3, 0.4) is 0 Å². The van der Waals surface area contributed by atoms with E-state index in [1.54, 1.807) is 0 Å². The van der Waals surface area contributed by atoms with Gasteiger partial charge in [0.05, 0.1) is 0 Å². The molecule has 6 rings (SSSR count). The van der Waals surface area contributed by atoms with Gasteiger partial charge in [0.1, 0.15) is 12.4 Å². The topological polar surface area (TPSA) is 44.8 Å². The lowest BCUT2D eigenvalue weighted by Gasteiger charge is -2.15. The Hall–Kier alpha value is -3.88. The molecule has 0 N–H and O–H groups in total. The molecule has 154 valence electrons. The van der Waals surface area contributed by atoms with Gasteiger partial charge < -0.3 is 4.74 Å². The molecular formula is C27H18O4P+. The first kappa shape index (κ1) is 18.9. The number of hydrogen-bond acceptors (Lipinski definition) is 4. The molecule has 5 aromatic carbocycles. The first-order chi connectivity index (χ1) is 15.8. The number of rotatable bonds is 3. The van der Waals surface area contributed by atoms with E-state index in [0.717, 1.165) is 38.2 Å². The Bertz CT molecular complexity index is 1490. The van der Waals surface area contributed by atoms with E-state index in [1.165, 1.54) is 0 Å². The first-order valence-corrected chi connectivity index (χ1v) is 11.5. The Balaban J connectivity index is 1.61. The minimum Gasteiger partial charge on any atom is -0.488 e. The predicted octanol–water partition coefficient (Wildman–Crippen LogP) is 7.67. The van der Waals surface area contributed by atoms with Gasteiger partial charge in [-0.25, -0.2) is 9.05 Å². The molecule has 0 saturated heterocycles. The molecule has 0 aromatic heterocycles. The monoisotopic (exact) mass is 437 g/mol. The Morgan fingerprint density at radius 3 is 2.16 bits per heavy atom. The van der Waals surface area contributed by atoms with Crippen molar-refractivity contribution in [3.63, 3.8) is 0 Å². The fourth-order valence-electron chi connectivity index (χ4n) is 4.27. The molecule has 32 heavy (non-hydrogen) atoms. The Morgan fingerprint density at radius 2 is 1.31 bits per heavy atom. The summed E-state index contributed by atoms with van der Waals surface area (Å²) in [6.45, 7) is 0.422. The average molecular weight is 437 g/mol. The fourth-order valence-corrected chi connectivity index (χ4v) is 4.92. The van der Waals surface area contributed by atoms with Gasteiger partial charge in [-0.1, -0.05) is 84.9 Å². The number of hydrogen-bond donors (Lipinski definition) is 0. The van der Waals surface area contributed by atoms with Crippen LogP contribution in [0.25, 0.3) is 32.7 Å². The summed E-state index contributed by atoms with van der Waals surface area (Å²) in [5, 5.41) is 4.01. The normalized spacial score (nSPS) is 13.6. The van der Waals surface area contributed by atoms with Gasteiger partial charge in [-0.2, -0.15) is 0 Å². The molecule has 0 bridgehead atoms. The summed E-state index contributed by atoms with van der Waals surface area (Å²) in [7, 11) is -2.37. The molecule has 0 saturated carbocycles. The zero-order valence-electron chi connectivity index (χ0n) is 17.0. The van der Waals surface area contributed by atoms with E-state index in [2.05, 4.69) is 6.07 Å². The summed E-state index contributed by atoms with van der Waals surface area (Å²) >= 11 is 0. The lowest BCUT2D eigenvalue weighted by atomic mass is 9.92. The zero-order valence-corrected chi connectivity index (χ0v) is 17.9. The number of ether oxygens (including phenoxy) is 1. The van der Waals surface area contributed by atoms with E-state index >= 15 is 0 Å². The standard InChI is InChI=1S/C27H18O4P/c28-32-30-23-15-14-19-10-4-5-11-20(19)26(23)27-22-13-7-6-12-21(22)24(16-25(27)31-32)29-17-18-8-2-1-3-9-18/h1-16H,17H2/q+1. The highest BCUT2D eigenvalue weighted by atomic mass is 31.1. The molecule has 5 heteroatoms. The SMILES string of the molecule is O=[P+]1Oc2ccc3ccccc3c2-c2c(cc(OCc3ccccc3)c3ccccc23)O1. The Labute approximate surface area is 185 Å². The highest BCUT2D eigenvalue weighted by Gasteiger charge is 2.35. The van der Waals surface area contributed by atoms with Crippen LogP contribution < -0.4 is 13.8 Å². The molecule has 1 unspecified atom stereocenters. The van der Waals surface area contributed by atoms with Gasteiger partial charge >= 0.3 is 8.25 Å². The summed E-state index contributed by atoms with van der Waals surface area (Å²) in [5.41, 5.74) is 2.81. The maximum atomic E-state index is 12.6. The lowest BCUT2D eigenvalue weighted by Crippen LogP contribution is -1.97. The molecule has 0 radical (unpaired) electrons. The lowest BCUT2D eigenvalue weighted by molar-refractivity contribution is 0.309. The molecular weight excluding hydrogens is 419 g/mol. The minimum absolute atomic E-state index is 0.422. The van der Waals surface area contributed by atoms with E-state index in [1.807, 2.05) is 91.0 Å². The second-order valence-electron chi connectivity index (χ2n) is 7.63. The van der Waals surface area contributed by atoms with Crippen LogP contribution in [0.2, 0.25) is 0 Å². The molecule has 4 nitrogen and oxygen atoms in total. The third-order valence-electron chi connectivity index (χ3n) is 5.69. The van der Waals surface area contributed by atoms with Crippen molar-refractivity contribution in [2.45, 2.75) is 6.61 Å². The van der Waals surface area contributed by atoms with Gasteiger partial charge in [0.15, 0.2) is 5.75 Å². The van der Waals surface area contributed by atoms with Crippen molar-refractivity contribution in [1.82, 2.24) is 0 Å². The molecule has 0 amide bonds. The maximum Gasteiger partial charge on any atom is 0.805 e. The largest absolute Gasteiger partial charge is 0.805 e. The van der Waals surface area contributed by atoms with Crippen molar-refractivity contribution in [3.8, 4) is 28.4 Å². The highest BCUT2D eigenvalue weighted by Crippen LogP contribution is 2.53. The van der Waals surface area contributed by atoms with E-state index in [-0.39, 0.29) is 0 Å². The van der Waals surface area contributed by atoms with Gasteiger partial charge in [0.25, 0.3) is 0 Å². The first-order valence-electron chi connectivity index (χ1n) is 10.4. The Morgan fingerprint density at radius 1 is 0.656 bits per heavy atom. The molecule has 1 aliphatic heterocycles. The van der Waals surface area contributed by atoms with E-state index in [9.17, 15) is 4.57 Å². The van der Waals surface area contributed by atoms with Gasteiger partial charge in [-0.3, -0.25) is 0 Å². The van der Waals surface area contributed by atoms with Gasteiger partial charge in [0, 0.05) is 27.1 Å². The van der Waals surface area contributed by atoms with Crippen molar-refractivity contribution in [1.29, 1.82) is 0 Å². The molecule has 0 aliphatic carbocycles. The molecule has 0 fully saturated rings. The molecule has 0 spiro atoms. The van der Waals surface area contributed by atoms with Crippen LogP contribution in [0.1, 0.15) is 5.56 Å². The Kier molecular flexibility index (Phi) is 4.52. The van der Waals surface area contributed by atoms with Gasteiger partial charge in [-0.15, -0.1) is 0 Å². The minimum atomic E-state index is -2.37. The zero-order chi connectivity index (χ0) is 21.5. The van der Waals surface area contributed by atoms with Crippen molar-refractivity contribution >= 4 is 29.8 Å². The fraction of sp³-hybridized carbons (Fsp3) is 0.0370. The smallest absolute Gasteiger partial charge is 0.488 e. The third-order valence-corrected chi connectivity index (χ3v) is 6.39. The molecule has 1 atom stereocenters. The van der Waals surface area contributed by atoms with Crippen molar-refractivity contribution in [2.24, 2.45) is 0 Å². The van der Waals surface area contributed by atoms with Crippen LogP contribution >= 0.6 is 8.25 Å². The van der Waals surface area contributed by atoms with Gasteiger partial charge in [0.2, 0.25) is 5.75 Å². The second-order valence-corrected chi connectivity index (χ2v) is 8.45. The molecule has 1 heterocycles. The maximum absolute atomic E-state index is 12.6. The van der Waals surface area contributed by atoms with Crippen LogP contribution in [0.15, 0.2) is 97.1 Å². The summed E-state index contributed by atoms with van der Waals surface area (Å²) in [6.07, 6.45) is 0. The van der Waals surface area contributed by atoms with Crippen molar-refractivity contribution < 1.29 is 18.3 Å². The van der Waals surface area contributed by atoms with Crippen LogP contribution in [0.4, 0.5) is 0 Å². The molecule has 5 aromatic rings. The van der Waals surface area contributed by atoms with Crippen molar-refractivity contribution in [3.05, 3.63) is 103 Å². The number of benzene rings is 5. The van der Waals surface area contributed by atoms with Crippen molar-refractivity contribution in [2.75, 3.05) is 0 Å². The summed E-state index contributed by atoms with van der Waals surface area (Å²) in [4.78, 5) is 0. The van der Waals surface area contributed by atoms with Crippen LogP contribution in [0.5, 0.6) is 17.2 Å². The quantitative estimate of drug-likeness (QED) is 0.272. The van der Waals surface area contributed by atoms with Crippen LogP contribution in [-0.4, -0.2) is 0 Å². The summed E-state index contributed by atoms with van der Waals surface area (Å²) < 4.78 is 30.3.